The SMILES string of the molecule is CCOc1ccc(C(=O)NNC(=O)C[C@@H](C)c2ccccc2)cc1. The first-order chi connectivity index (χ1) is 11.6. The van der Waals surface area contributed by atoms with E-state index in [9.17, 15) is 9.59 Å². The molecule has 1 atom stereocenters. The fourth-order valence-electron chi connectivity index (χ4n) is 2.30. The van der Waals surface area contributed by atoms with Crippen molar-refractivity contribution in [3.63, 3.8) is 0 Å². The molecule has 0 bridgehead atoms. The first kappa shape index (κ1) is 17.5. The maximum absolute atomic E-state index is 12.0. The van der Waals surface area contributed by atoms with Crippen LogP contribution in [0.2, 0.25) is 0 Å². The average Bonchev–Trinajstić information content (AvgIpc) is 2.61. The van der Waals surface area contributed by atoms with Gasteiger partial charge < -0.3 is 4.74 Å². The predicted octanol–water partition coefficient (Wildman–Crippen LogP) is 3.04. The van der Waals surface area contributed by atoms with Gasteiger partial charge in [-0.25, -0.2) is 0 Å². The topological polar surface area (TPSA) is 67.4 Å². The van der Waals surface area contributed by atoms with Crippen LogP contribution < -0.4 is 15.6 Å². The number of benzene rings is 2. The summed E-state index contributed by atoms with van der Waals surface area (Å²) in [5, 5.41) is 0. The number of hydrogen-bond acceptors (Lipinski definition) is 3. The minimum absolute atomic E-state index is 0.0774. The van der Waals surface area contributed by atoms with E-state index in [1.165, 1.54) is 0 Å². The van der Waals surface area contributed by atoms with Gasteiger partial charge in [-0.05, 0) is 42.7 Å². The van der Waals surface area contributed by atoms with Crippen molar-refractivity contribution in [2.24, 2.45) is 0 Å². The Labute approximate surface area is 142 Å². The van der Waals surface area contributed by atoms with Gasteiger partial charge in [-0.1, -0.05) is 37.3 Å². The summed E-state index contributed by atoms with van der Waals surface area (Å²) in [7, 11) is 0. The molecule has 2 aromatic rings. The highest BCUT2D eigenvalue weighted by atomic mass is 16.5. The van der Waals surface area contributed by atoms with E-state index in [1.807, 2.05) is 44.2 Å². The highest BCUT2D eigenvalue weighted by Gasteiger charge is 2.12. The van der Waals surface area contributed by atoms with E-state index in [2.05, 4.69) is 10.9 Å². The summed E-state index contributed by atoms with van der Waals surface area (Å²) in [6, 6.07) is 16.5. The van der Waals surface area contributed by atoms with Crippen LogP contribution in [0, 0.1) is 0 Å². The Kier molecular flexibility index (Phi) is 6.37. The molecule has 0 spiro atoms. The molecule has 0 unspecified atom stereocenters. The van der Waals surface area contributed by atoms with Crippen LogP contribution in [-0.4, -0.2) is 18.4 Å². The van der Waals surface area contributed by atoms with Gasteiger partial charge in [0.1, 0.15) is 5.75 Å². The van der Waals surface area contributed by atoms with Crippen LogP contribution in [0.3, 0.4) is 0 Å². The van der Waals surface area contributed by atoms with Gasteiger partial charge in [-0.3, -0.25) is 20.4 Å². The number of carbonyl (C=O) groups is 2. The van der Waals surface area contributed by atoms with E-state index in [0.29, 0.717) is 24.3 Å². The molecule has 0 fully saturated rings. The number of hydrogen-bond donors (Lipinski definition) is 2. The molecule has 0 saturated carbocycles. The second-order valence-electron chi connectivity index (χ2n) is 5.48. The fraction of sp³-hybridized carbons (Fsp3) is 0.263. The van der Waals surface area contributed by atoms with Crippen molar-refractivity contribution in [3.8, 4) is 5.75 Å². The van der Waals surface area contributed by atoms with Gasteiger partial charge in [0.25, 0.3) is 5.91 Å². The summed E-state index contributed by atoms with van der Waals surface area (Å²) in [5.74, 6) is 0.188. The standard InChI is InChI=1S/C19H22N2O3/c1-3-24-17-11-9-16(10-12-17)19(23)21-20-18(22)13-14(2)15-7-5-4-6-8-15/h4-12,14H,3,13H2,1-2H3,(H,20,22)(H,21,23)/t14-/m1/s1. The summed E-state index contributed by atoms with van der Waals surface area (Å²) in [5.41, 5.74) is 6.42. The Morgan fingerprint density at radius 1 is 1.00 bits per heavy atom. The van der Waals surface area contributed by atoms with Gasteiger partial charge in [0.15, 0.2) is 0 Å². The third kappa shape index (κ3) is 5.12. The zero-order valence-electron chi connectivity index (χ0n) is 13.9. The predicted molar refractivity (Wildman–Crippen MR) is 92.7 cm³/mol. The minimum atomic E-state index is -0.362. The van der Waals surface area contributed by atoms with Crippen LogP contribution in [0.4, 0.5) is 0 Å². The van der Waals surface area contributed by atoms with E-state index in [4.69, 9.17) is 4.74 Å². The molecule has 2 N–H and O–H groups in total. The van der Waals surface area contributed by atoms with Crippen molar-refractivity contribution in [3.05, 3.63) is 65.7 Å². The Morgan fingerprint density at radius 2 is 1.67 bits per heavy atom. The molecule has 0 radical (unpaired) electrons. The Morgan fingerprint density at radius 3 is 2.29 bits per heavy atom. The summed E-state index contributed by atoms with van der Waals surface area (Å²) in [6.07, 6.45) is 0.299. The summed E-state index contributed by atoms with van der Waals surface area (Å²) < 4.78 is 5.32. The summed E-state index contributed by atoms with van der Waals surface area (Å²) in [6.45, 7) is 4.44. The quantitative estimate of drug-likeness (QED) is 0.802. The van der Waals surface area contributed by atoms with Crippen LogP contribution in [0.1, 0.15) is 42.1 Å². The second kappa shape index (κ2) is 8.72. The number of amides is 2. The van der Waals surface area contributed by atoms with E-state index in [0.717, 1.165) is 5.56 Å². The Bertz CT molecular complexity index is 669. The van der Waals surface area contributed by atoms with Crippen molar-refractivity contribution in [1.82, 2.24) is 10.9 Å². The van der Waals surface area contributed by atoms with Gasteiger partial charge in [0, 0.05) is 12.0 Å². The van der Waals surface area contributed by atoms with Crippen LogP contribution in [0.25, 0.3) is 0 Å². The minimum Gasteiger partial charge on any atom is -0.494 e. The maximum Gasteiger partial charge on any atom is 0.269 e. The first-order valence-corrected chi connectivity index (χ1v) is 7.97. The van der Waals surface area contributed by atoms with Crippen molar-refractivity contribution in [2.45, 2.75) is 26.2 Å². The molecule has 0 aliphatic heterocycles. The number of carbonyl (C=O) groups excluding carboxylic acids is 2. The smallest absolute Gasteiger partial charge is 0.269 e. The Hall–Kier alpha value is -2.82. The lowest BCUT2D eigenvalue weighted by Gasteiger charge is -2.12. The Balaban J connectivity index is 1.81. The number of nitrogens with one attached hydrogen (secondary N) is 2. The lowest BCUT2D eigenvalue weighted by molar-refractivity contribution is -0.122. The lowest BCUT2D eigenvalue weighted by atomic mass is 9.98. The summed E-state index contributed by atoms with van der Waals surface area (Å²) in [4.78, 5) is 24.0. The molecule has 0 heterocycles. The van der Waals surface area contributed by atoms with E-state index < -0.39 is 0 Å². The molecular weight excluding hydrogens is 304 g/mol. The van der Waals surface area contributed by atoms with Crippen LogP contribution >= 0.6 is 0 Å². The van der Waals surface area contributed by atoms with E-state index in [1.54, 1.807) is 24.3 Å². The molecule has 126 valence electrons. The number of hydrazine groups is 1. The second-order valence-corrected chi connectivity index (χ2v) is 5.48. The molecule has 5 heteroatoms. The molecule has 0 aliphatic rings. The average molecular weight is 326 g/mol. The largest absolute Gasteiger partial charge is 0.494 e. The van der Waals surface area contributed by atoms with Crippen molar-refractivity contribution in [1.29, 1.82) is 0 Å². The molecular formula is C19H22N2O3. The van der Waals surface area contributed by atoms with Gasteiger partial charge in [0.2, 0.25) is 5.91 Å². The zero-order chi connectivity index (χ0) is 17.4. The molecule has 5 nitrogen and oxygen atoms in total. The highest BCUT2D eigenvalue weighted by molar-refractivity contribution is 5.95. The van der Waals surface area contributed by atoms with E-state index in [-0.39, 0.29) is 17.7 Å². The van der Waals surface area contributed by atoms with Crippen molar-refractivity contribution < 1.29 is 14.3 Å². The van der Waals surface area contributed by atoms with Gasteiger partial charge in [0.05, 0.1) is 6.61 Å². The molecule has 24 heavy (non-hydrogen) atoms. The van der Waals surface area contributed by atoms with Crippen molar-refractivity contribution >= 4 is 11.8 Å². The highest BCUT2D eigenvalue weighted by Crippen LogP contribution is 2.18. The zero-order valence-corrected chi connectivity index (χ0v) is 13.9. The lowest BCUT2D eigenvalue weighted by Crippen LogP contribution is -2.41. The molecule has 2 aromatic carbocycles. The maximum atomic E-state index is 12.0. The van der Waals surface area contributed by atoms with Crippen molar-refractivity contribution in [2.75, 3.05) is 6.61 Å². The number of ether oxygens (including phenoxy) is 1. The molecule has 0 aliphatic carbocycles. The van der Waals surface area contributed by atoms with Gasteiger partial charge in [-0.15, -0.1) is 0 Å². The van der Waals surface area contributed by atoms with Crippen LogP contribution in [0.5, 0.6) is 5.75 Å². The van der Waals surface area contributed by atoms with E-state index >= 15 is 0 Å². The van der Waals surface area contributed by atoms with Gasteiger partial charge >= 0.3 is 0 Å². The molecule has 0 aromatic heterocycles. The monoisotopic (exact) mass is 326 g/mol. The normalized spacial score (nSPS) is 11.4. The third-order valence-corrected chi connectivity index (χ3v) is 3.60. The third-order valence-electron chi connectivity index (χ3n) is 3.60. The molecule has 2 rings (SSSR count). The number of rotatable bonds is 6. The van der Waals surface area contributed by atoms with Gasteiger partial charge in [-0.2, -0.15) is 0 Å². The van der Waals surface area contributed by atoms with Crippen LogP contribution in [0.15, 0.2) is 54.6 Å². The first-order valence-electron chi connectivity index (χ1n) is 7.97. The molecule has 0 saturated heterocycles. The fourth-order valence-corrected chi connectivity index (χ4v) is 2.30. The summed E-state index contributed by atoms with van der Waals surface area (Å²) >= 11 is 0. The molecule has 2 amide bonds. The van der Waals surface area contributed by atoms with Crippen LogP contribution in [-0.2, 0) is 4.79 Å².